The van der Waals surface area contributed by atoms with Crippen molar-refractivity contribution in [1.82, 2.24) is 15.3 Å². The SMILES string of the molecule is CCOc1ccc([C@H](C)NC(=O)c2cnc(CC)nc2)cc1F. The average Bonchev–Trinajstić information content (AvgIpc) is 2.56. The highest BCUT2D eigenvalue weighted by atomic mass is 19.1. The molecule has 0 unspecified atom stereocenters. The van der Waals surface area contributed by atoms with Crippen LogP contribution in [0.15, 0.2) is 30.6 Å². The molecular weight excluding hydrogens is 297 g/mol. The summed E-state index contributed by atoms with van der Waals surface area (Å²) in [6.45, 7) is 5.92. The van der Waals surface area contributed by atoms with Crippen LogP contribution in [0.25, 0.3) is 0 Å². The van der Waals surface area contributed by atoms with Gasteiger partial charge in [-0.3, -0.25) is 4.79 Å². The van der Waals surface area contributed by atoms with Crippen LogP contribution in [0.5, 0.6) is 5.75 Å². The van der Waals surface area contributed by atoms with Crippen LogP contribution in [0, 0.1) is 5.82 Å². The minimum atomic E-state index is -0.443. The summed E-state index contributed by atoms with van der Waals surface area (Å²) in [6, 6.07) is 4.32. The van der Waals surface area contributed by atoms with Crippen LogP contribution in [0.1, 0.15) is 48.6 Å². The van der Waals surface area contributed by atoms with Crippen molar-refractivity contribution in [2.24, 2.45) is 0 Å². The van der Waals surface area contributed by atoms with Gasteiger partial charge in [0.05, 0.1) is 18.2 Å². The number of nitrogens with one attached hydrogen (secondary N) is 1. The van der Waals surface area contributed by atoms with E-state index < -0.39 is 5.82 Å². The summed E-state index contributed by atoms with van der Waals surface area (Å²) in [7, 11) is 0. The monoisotopic (exact) mass is 317 g/mol. The first-order valence-corrected chi connectivity index (χ1v) is 7.59. The van der Waals surface area contributed by atoms with Gasteiger partial charge in [0.2, 0.25) is 0 Å². The number of nitrogens with zero attached hydrogens (tertiary/aromatic N) is 2. The molecule has 0 saturated carbocycles. The number of rotatable bonds is 6. The fourth-order valence-corrected chi connectivity index (χ4v) is 2.08. The van der Waals surface area contributed by atoms with E-state index in [2.05, 4.69) is 15.3 Å². The molecule has 2 aromatic rings. The van der Waals surface area contributed by atoms with Gasteiger partial charge in [0.25, 0.3) is 5.91 Å². The lowest BCUT2D eigenvalue weighted by Crippen LogP contribution is -2.27. The number of ether oxygens (including phenoxy) is 1. The van der Waals surface area contributed by atoms with E-state index in [1.807, 2.05) is 6.92 Å². The van der Waals surface area contributed by atoms with Gasteiger partial charge in [0.15, 0.2) is 11.6 Å². The van der Waals surface area contributed by atoms with E-state index in [1.165, 1.54) is 18.5 Å². The predicted molar refractivity (Wildman–Crippen MR) is 84.9 cm³/mol. The second kappa shape index (κ2) is 7.67. The second-order valence-electron chi connectivity index (χ2n) is 5.06. The maximum Gasteiger partial charge on any atom is 0.254 e. The van der Waals surface area contributed by atoms with Crippen molar-refractivity contribution in [3.8, 4) is 5.75 Å². The molecule has 0 aliphatic carbocycles. The van der Waals surface area contributed by atoms with Crippen molar-refractivity contribution in [1.29, 1.82) is 0 Å². The molecule has 5 nitrogen and oxygen atoms in total. The zero-order valence-electron chi connectivity index (χ0n) is 13.5. The molecule has 0 aliphatic rings. The zero-order valence-corrected chi connectivity index (χ0v) is 13.5. The molecular formula is C17H20FN3O2. The Labute approximate surface area is 134 Å². The number of hydrogen-bond donors (Lipinski definition) is 1. The minimum absolute atomic E-state index is 0.207. The highest BCUT2D eigenvalue weighted by molar-refractivity contribution is 5.93. The van der Waals surface area contributed by atoms with Gasteiger partial charge in [0, 0.05) is 18.8 Å². The van der Waals surface area contributed by atoms with Crippen molar-refractivity contribution in [3.05, 3.63) is 53.4 Å². The molecule has 1 heterocycles. The molecule has 122 valence electrons. The molecule has 0 saturated heterocycles. The summed E-state index contributed by atoms with van der Waals surface area (Å²) in [5.74, 6) is 0.150. The van der Waals surface area contributed by atoms with Crippen molar-refractivity contribution in [2.45, 2.75) is 33.2 Å². The number of carbonyl (C=O) groups excluding carboxylic acids is 1. The van der Waals surface area contributed by atoms with Gasteiger partial charge in [0.1, 0.15) is 5.82 Å². The molecule has 0 fully saturated rings. The van der Waals surface area contributed by atoms with Gasteiger partial charge >= 0.3 is 0 Å². The van der Waals surface area contributed by atoms with Crippen LogP contribution in [-0.4, -0.2) is 22.5 Å². The Morgan fingerprint density at radius 2 is 2.00 bits per heavy atom. The van der Waals surface area contributed by atoms with Crippen LogP contribution < -0.4 is 10.1 Å². The Hall–Kier alpha value is -2.50. The molecule has 0 aliphatic heterocycles. The third-order valence-electron chi connectivity index (χ3n) is 3.39. The number of aryl methyl sites for hydroxylation is 1. The van der Waals surface area contributed by atoms with Gasteiger partial charge in [-0.1, -0.05) is 13.0 Å². The molecule has 0 radical (unpaired) electrons. The van der Waals surface area contributed by atoms with Crippen LogP contribution in [0.4, 0.5) is 4.39 Å². The van der Waals surface area contributed by atoms with Crippen molar-refractivity contribution < 1.29 is 13.9 Å². The van der Waals surface area contributed by atoms with E-state index in [1.54, 1.807) is 26.0 Å². The van der Waals surface area contributed by atoms with Crippen LogP contribution in [-0.2, 0) is 6.42 Å². The quantitative estimate of drug-likeness (QED) is 0.889. The Balaban J connectivity index is 2.06. The number of hydrogen-bond acceptors (Lipinski definition) is 4. The number of carbonyl (C=O) groups is 1. The molecule has 2 rings (SSSR count). The van der Waals surface area contributed by atoms with E-state index in [0.29, 0.717) is 30.0 Å². The Morgan fingerprint density at radius 1 is 1.30 bits per heavy atom. The number of halogens is 1. The summed E-state index contributed by atoms with van der Waals surface area (Å²) >= 11 is 0. The lowest BCUT2D eigenvalue weighted by molar-refractivity contribution is 0.0939. The van der Waals surface area contributed by atoms with Gasteiger partial charge in [-0.2, -0.15) is 0 Å². The standard InChI is InChI=1S/C17H20FN3O2/c1-4-16-19-9-13(10-20-16)17(22)21-11(3)12-6-7-15(23-5-2)14(18)8-12/h6-11H,4-5H2,1-3H3,(H,21,22)/t11-/m0/s1. The van der Waals surface area contributed by atoms with Crippen LogP contribution >= 0.6 is 0 Å². The minimum Gasteiger partial charge on any atom is -0.491 e. The van der Waals surface area contributed by atoms with E-state index in [9.17, 15) is 9.18 Å². The van der Waals surface area contributed by atoms with Crippen LogP contribution in [0.2, 0.25) is 0 Å². The van der Waals surface area contributed by atoms with E-state index in [0.717, 1.165) is 0 Å². The van der Waals surface area contributed by atoms with Gasteiger partial charge < -0.3 is 10.1 Å². The summed E-state index contributed by atoms with van der Waals surface area (Å²) in [4.78, 5) is 20.4. The number of amides is 1. The molecule has 1 aromatic heterocycles. The Kier molecular flexibility index (Phi) is 5.62. The highest BCUT2D eigenvalue weighted by Crippen LogP contribution is 2.22. The smallest absolute Gasteiger partial charge is 0.254 e. The topological polar surface area (TPSA) is 64.1 Å². The Morgan fingerprint density at radius 3 is 2.57 bits per heavy atom. The first kappa shape index (κ1) is 16.9. The third kappa shape index (κ3) is 4.25. The first-order valence-electron chi connectivity index (χ1n) is 7.59. The summed E-state index contributed by atoms with van der Waals surface area (Å²) in [5.41, 5.74) is 1.03. The van der Waals surface area contributed by atoms with Crippen molar-refractivity contribution in [3.63, 3.8) is 0 Å². The highest BCUT2D eigenvalue weighted by Gasteiger charge is 2.14. The maximum absolute atomic E-state index is 13.9. The van der Waals surface area contributed by atoms with Gasteiger partial charge in [-0.15, -0.1) is 0 Å². The van der Waals surface area contributed by atoms with E-state index in [4.69, 9.17) is 4.74 Å². The Bertz CT molecular complexity index is 674. The molecule has 1 aromatic carbocycles. The molecule has 0 spiro atoms. The molecule has 1 atom stereocenters. The zero-order chi connectivity index (χ0) is 16.8. The summed E-state index contributed by atoms with van der Waals surface area (Å²) in [6.07, 6.45) is 3.70. The summed E-state index contributed by atoms with van der Waals surface area (Å²) in [5, 5.41) is 2.80. The molecule has 6 heteroatoms. The second-order valence-corrected chi connectivity index (χ2v) is 5.06. The van der Waals surface area contributed by atoms with Crippen molar-refractivity contribution >= 4 is 5.91 Å². The maximum atomic E-state index is 13.9. The molecule has 23 heavy (non-hydrogen) atoms. The molecule has 0 bridgehead atoms. The van der Waals surface area contributed by atoms with Crippen molar-refractivity contribution in [2.75, 3.05) is 6.61 Å². The first-order chi connectivity index (χ1) is 11.0. The predicted octanol–water partition coefficient (Wildman–Crippen LogP) is 3.07. The lowest BCUT2D eigenvalue weighted by atomic mass is 10.1. The van der Waals surface area contributed by atoms with Crippen LogP contribution in [0.3, 0.4) is 0 Å². The molecule has 1 N–H and O–H groups in total. The lowest BCUT2D eigenvalue weighted by Gasteiger charge is -2.15. The fraction of sp³-hybridized carbons (Fsp3) is 0.353. The number of aromatic nitrogens is 2. The average molecular weight is 317 g/mol. The van der Waals surface area contributed by atoms with E-state index >= 15 is 0 Å². The normalized spacial score (nSPS) is 11.8. The summed E-state index contributed by atoms with van der Waals surface area (Å²) < 4.78 is 19.0. The molecule has 1 amide bonds. The fourth-order valence-electron chi connectivity index (χ4n) is 2.08. The largest absolute Gasteiger partial charge is 0.491 e. The third-order valence-corrected chi connectivity index (χ3v) is 3.39. The van der Waals surface area contributed by atoms with Gasteiger partial charge in [-0.25, -0.2) is 14.4 Å². The van der Waals surface area contributed by atoms with E-state index in [-0.39, 0.29) is 17.7 Å². The van der Waals surface area contributed by atoms with Gasteiger partial charge in [-0.05, 0) is 31.5 Å². The number of benzene rings is 1.